The minimum Gasteiger partial charge on any atom is -0.497 e. The molecule has 0 saturated carbocycles. The number of carbonyl (C=O) groups is 2. The van der Waals surface area contributed by atoms with Crippen molar-refractivity contribution in [3.63, 3.8) is 0 Å². The van der Waals surface area contributed by atoms with Crippen molar-refractivity contribution in [1.29, 1.82) is 0 Å². The van der Waals surface area contributed by atoms with Gasteiger partial charge in [0.25, 0.3) is 10.1 Å². The molecule has 4 unspecified atom stereocenters. The number of esters is 1. The summed E-state index contributed by atoms with van der Waals surface area (Å²) < 4.78 is 50.0. The van der Waals surface area contributed by atoms with Gasteiger partial charge in [-0.1, -0.05) is 18.2 Å². The molecule has 1 saturated heterocycles. The molecule has 0 amide bonds. The van der Waals surface area contributed by atoms with E-state index in [1.807, 2.05) is 0 Å². The summed E-state index contributed by atoms with van der Waals surface area (Å²) in [6.07, 6.45) is -3.88. The number of carboxylic acid groups (broad SMARTS) is 1. The molecule has 1 N–H and O–H groups in total. The van der Waals surface area contributed by atoms with Crippen LogP contribution in [-0.4, -0.2) is 64.3 Å². The van der Waals surface area contributed by atoms with Gasteiger partial charge in [-0.2, -0.15) is 8.42 Å². The number of carbonyl (C=O) groups excluding carboxylic acids is 1. The van der Waals surface area contributed by atoms with Crippen molar-refractivity contribution in [2.45, 2.75) is 31.0 Å². The fraction of sp³-hybridized carbons (Fsp3) is 0.400. The van der Waals surface area contributed by atoms with Gasteiger partial charge in [-0.25, -0.2) is 9.59 Å². The summed E-state index contributed by atoms with van der Waals surface area (Å²) >= 11 is 0. The fourth-order valence-corrected chi connectivity index (χ4v) is 4.10. The second kappa shape index (κ2) is 8.42. The van der Waals surface area contributed by atoms with Crippen molar-refractivity contribution < 1.29 is 46.2 Å². The zero-order valence-corrected chi connectivity index (χ0v) is 18.0. The highest BCUT2D eigenvalue weighted by molar-refractivity contribution is 7.86. The van der Waals surface area contributed by atoms with Crippen LogP contribution < -0.4 is 4.74 Å². The van der Waals surface area contributed by atoms with Crippen LogP contribution in [0.5, 0.6) is 5.75 Å². The average molecular weight is 454 g/mol. The van der Waals surface area contributed by atoms with Crippen LogP contribution in [0.4, 0.5) is 0 Å². The highest BCUT2D eigenvalue weighted by Crippen LogP contribution is 2.43. The molecule has 0 aromatic heterocycles. The Labute approximate surface area is 178 Å². The first-order valence-electron chi connectivity index (χ1n) is 9.13. The monoisotopic (exact) mass is 454 g/mol. The SMILES string of the molecule is COC(=O)C1OC(c2ccc3cc(OC)ccc3c2)(C(C)OS(C)(=O)=O)OC1C(=O)O. The van der Waals surface area contributed by atoms with Crippen LogP contribution in [0.15, 0.2) is 36.4 Å². The van der Waals surface area contributed by atoms with Gasteiger partial charge in [0, 0.05) is 5.56 Å². The zero-order chi connectivity index (χ0) is 23.0. The largest absolute Gasteiger partial charge is 0.497 e. The predicted molar refractivity (Wildman–Crippen MR) is 107 cm³/mol. The lowest BCUT2D eigenvalue weighted by Crippen LogP contribution is -2.43. The van der Waals surface area contributed by atoms with E-state index in [-0.39, 0.29) is 5.56 Å². The topological polar surface area (TPSA) is 135 Å². The Morgan fingerprint density at radius 2 is 1.68 bits per heavy atom. The molecule has 2 aromatic rings. The van der Waals surface area contributed by atoms with Gasteiger partial charge in [0.1, 0.15) is 11.9 Å². The standard InChI is InChI=1S/C20H22O10S/c1-11(30-31(4,24)25)20(28-16(18(21)22)17(29-20)19(23)27-3)14-7-5-13-10-15(26-2)8-6-12(13)9-14/h5-11,16-17H,1-4H3,(H,21,22). The lowest BCUT2D eigenvalue weighted by atomic mass is 9.97. The Bertz CT molecular complexity index is 1110. The van der Waals surface area contributed by atoms with E-state index < -0.39 is 46.2 Å². The molecule has 11 heteroatoms. The third kappa shape index (κ3) is 4.49. The van der Waals surface area contributed by atoms with Crippen LogP contribution in [0.2, 0.25) is 0 Å². The molecule has 31 heavy (non-hydrogen) atoms. The van der Waals surface area contributed by atoms with E-state index in [1.165, 1.54) is 14.0 Å². The molecule has 1 fully saturated rings. The summed E-state index contributed by atoms with van der Waals surface area (Å²) in [4.78, 5) is 23.9. The predicted octanol–water partition coefficient (Wildman–Crippen LogP) is 1.41. The normalized spacial score (nSPS) is 24.6. The number of fused-ring (bicyclic) bond motifs is 1. The smallest absolute Gasteiger partial charge is 0.338 e. The quantitative estimate of drug-likeness (QED) is 0.483. The van der Waals surface area contributed by atoms with Crippen LogP contribution in [0.3, 0.4) is 0 Å². The van der Waals surface area contributed by atoms with Crippen molar-refractivity contribution in [1.82, 2.24) is 0 Å². The van der Waals surface area contributed by atoms with Crippen molar-refractivity contribution in [3.8, 4) is 5.75 Å². The van der Waals surface area contributed by atoms with Gasteiger partial charge in [0.05, 0.1) is 20.5 Å². The first kappa shape index (κ1) is 22.9. The molecule has 1 aliphatic heterocycles. The molecule has 0 aliphatic carbocycles. The minimum atomic E-state index is -3.98. The van der Waals surface area contributed by atoms with Crippen LogP contribution in [-0.2, 0) is 43.9 Å². The summed E-state index contributed by atoms with van der Waals surface area (Å²) in [6, 6.07) is 10.2. The maximum atomic E-state index is 12.2. The molecule has 1 aliphatic rings. The molecule has 0 bridgehead atoms. The van der Waals surface area contributed by atoms with Gasteiger partial charge in [-0.15, -0.1) is 0 Å². The number of carboxylic acids is 1. The number of benzene rings is 2. The molecule has 2 aromatic carbocycles. The van der Waals surface area contributed by atoms with Gasteiger partial charge in [-0.05, 0) is 35.9 Å². The maximum absolute atomic E-state index is 12.2. The number of hydrogen-bond acceptors (Lipinski definition) is 9. The first-order valence-corrected chi connectivity index (χ1v) is 10.9. The lowest BCUT2D eigenvalue weighted by Gasteiger charge is -2.33. The van der Waals surface area contributed by atoms with Gasteiger partial charge in [0.2, 0.25) is 5.79 Å². The summed E-state index contributed by atoms with van der Waals surface area (Å²) in [5, 5.41) is 11.1. The molecule has 0 spiro atoms. The number of hydrogen-bond donors (Lipinski definition) is 1. The number of methoxy groups -OCH3 is 2. The Hall–Kier alpha value is -2.73. The second-order valence-electron chi connectivity index (χ2n) is 6.98. The summed E-state index contributed by atoms with van der Waals surface area (Å²) in [5.41, 5.74) is 0.263. The van der Waals surface area contributed by atoms with Crippen LogP contribution in [0.25, 0.3) is 10.8 Å². The Morgan fingerprint density at radius 1 is 1.06 bits per heavy atom. The van der Waals surface area contributed by atoms with Crippen molar-refractivity contribution in [2.75, 3.05) is 20.5 Å². The molecule has 0 radical (unpaired) electrons. The first-order chi connectivity index (χ1) is 14.5. The van der Waals surface area contributed by atoms with E-state index >= 15 is 0 Å². The van der Waals surface area contributed by atoms with E-state index in [2.05, 4.69) is 4.74 Å². The Balaban J connectivity index is 2.16. The molecule has 168 valence electrons. The summed E-state index contributed by atoms with van der Waals surface area (Å²) in [6.45, 7) is 1.35. The molecule has 3 rings (SSSR count). The average Bonchev–Trinajstić information content (AvgIpc) is 3.14. The molecular weight excluding hydrogens is 432 g/mol. The Kier molecular flexibility index (Phi) is 6.23. The van der Waals surface area contributed by atoms with Gasteiger partial charge in [0.15, 0.2) is 12.2 Å². The molecule has 4 atom stereocenters. The minimum absolute atomic E-state index is 0.263. The Morgan fingerprint density at radius 3 is 2.26 bits per heavy atom. The van der Waals surface area contributed by atoms with E-state index in [1.54, 1.807) is 36.4 Å². The number of rotatable bonds is 7. The van der Waals surface area contributed by atoms with Crippen molar-refractivity contribution >= 4 is 32.8 Å². The molecular formula is C20H22O10S. The van der Waals surface area contributed by atoms with E-state index in [0.717, 1.165) is 18.8 Å². The van der Waals surface area contributed by atoms with Crippen LogP contribution >= 0.6 is 0 Å². The third-order valence-corrected chi connectivity index (χ3v) is 5.50. The summed E-state index contributed by atoms with van der Waals surface area (Å²) in [5.74, 6) is -3.84. The highest BCUT2D eigenvalue weighted by atomic mass is 32.2. The van der Waals surface area contributed by atoms with Crippen molar-refractivity contribution in [2.24, 2.45) is 0 Å². The molecule has 1 heterocycles. The van der Waals surface area contributed by atoms with Gasteiger partial charge < -0.3 is 24.1 Å². The van der Waals surface area contributed by atoms with E-state index in [4.69, 9.17) is 18.4 Å². The van der Waals surface area contributed by atoms with Crippen LogP contribution in [0.1, 0.15) is 12.5 Å². The highest BCUT2D eigenvalue weighted by Gasteiger charge is 2.59. The zero-order valence-electron chi connectivity index (χ0n) is 17.2. The van der Waals surface area contributed by atoms with Gasteiger partial charge in [-0.3, -0.25) is 4.18 Å². The second-order valence-corrected chi connectivity index (χ2v) is 8.58. The maximum Gasteiger partial charge on any atom is 0.338 e. The van der Waals surface area contributed by atoms with Gasteiger partial charge >= 0.3 is 11.9 Å². The number of aliphatic carboxylic acids is 1. The van der Waals surface area contributed by atoms with Crippen LogP contribution in [0, 0.1) is 0 Å². The van der Waals surface area contributed by atoms with Crippen molar-refractivity contribution in [3.05, 3.63) is 42.0 Å². The van der Waals surface area contributed by atoms with E-state index in [9.17, 15) is 23.1 Å². The van der Waals surface area contributed by atoms with E-state index in [0.29, 0.717) is 11.1 Å². The summed E-state index contributed by atoms with van der Waals surface area (Å²) in [7, 11) is -1.37. The lowest BCUT2D eigenvalue weighted by molar-refractivity contribution is -0.233. The number of ether oxygens (including phenoxy) is 4. The fourth-order valence-electron chi connectivity index (χ4n) is 3.45. The third-order valence-electron chi connectivity index (χ3n) is 4.86. The molecule has 10 nitrogen and oxygen atoms in total.